The van der Waals surface area contributed by atoms with E-state index in [1.807, 2.05) is 13.8 Å². The lowest BCUT2D eigenvalue weighted by molar-refractivity contribution is -0.139. The molecule has 1 heterocycles. The largest absolute Gasteiger partial charge is 0.495 e. The van der Waals surface area contributed by atoms with E-state index < -0.39 is 17.9 Å². The summed E-state index contributed by atoms with van der Waals surface area (Å²) in [5.74, 6) is -0.910. The van der Waals surface area contributed by atoms with Gasteiger partial charge in [0, 0.05) is 4.88 Å². The molecule has 1 aromatic heterocycles. The van der Waals surface area contributed by atoms with E-state index in [4.69, 9.17) is 9.84 Å². The maximum absolute atomic E-state index is 12.1. The number of ether oxygens (including phenoxy) is 1. The highest BCUT2D eigenvalue weighted by molar-refractivity contribution is 7.14. The molecule has 1 aromatic rings. The molecule has 0 radical (unpaired) electrons. The van der Waals surface area contributed by atoms with Crippen molar-refractivity contribution in [1.29, 1.82) is 0 Å². The first-order chi connectivity index (χ1) is 8.99. The Hall–Kier alpha value is -1.56. The van der Waals surface area contributed by atoms with Crippen molar-refractivity contribution < 1.29 is 19.4 Å². The number of carbonyl (C=O) groups is 2. The van der Waals surface area contributed by atoms with Crippen LogP contribution in [-0.2, 0) is 4.79 Å². The summed E-state index contributed by atoms with van der Waals surface area (Å²) in [6, 6.07) is 0.918. The number of aryl methyl sites for hydroxylation is 1. The van der Waals surface area contributed by atoms with Crippen molar-refractivity contribution in [2.75, 3.05) is 7.11 Å². The van der Waals surface area contributed by atoms with E-state index in [1.165, 1.54) is 18.4 Å². The summed E-state index contributed by atoms with van der Waals surface area (Å²) >= 11 is 1.29. The molecule has 1 unspecified atom stereocenters. The Kier molecular flexibility index (Phi) is 5.82. The molecule has 6 heteroatoms. The van der Waals surface area contributed by atoms with E-state index in [1.54, 1.807) is 6.07 Å². The Morgan fingerprint density at radius 3 is 2.74 bits per heavy atom. The van der Waals surface area contributed by atoms with Gasteiger partial charge in [-0.15, -0.1) is 11.3 Å². The van der Waals surface area contributed by atoms with Gasteiger partial charge in [-0.3, -0.25) is 4.79 Å². The summed E-state index contributed by atoms with van der Waals surface area (Å²) < 4.78 is 5.11. The smallest absolute Gasteiger partial charge is 0.326 e. The van der Waals surface area contributed by atoms with Crippen molar-refractivity contribution in [1.82, 2.24) is 5.32 Å². The van der Waals surface area contributed by atoms with Crippen LogP contribution in [0.2, 0.25) is 0 Å². The average Bonchev–Trinajstić information content (AvgIpc) is 2.75. The zero-order valence-corrected chi connectivity index (χ0v) is 12.2. The Morgan fingerprint density at radius 2 is 2.21 bits per heavy atom. The lowest BCUT2D eigenvalue weighted by atomic mass is 10.1. The molecule has 0 aromatic carbocycles. The van der Waals surface area contributed by atoms with Gasteiger partial charge in [0.2, 0.25) is 0 Å². The number of unbranched alkanes of at least 4 members (excludes halogenated alkanes) is 1. The van der Waals surface area contributed by atoms with Crippen molar-refractivity contribution in [2.24, 2.45) is 0 Å². The summed E-state index contributed by atoms with van der Waals surface area (Å²) in [6.45, 7) is 3.85. The summed E-state index contributed by atoms with van der Waals surface area (Å²) in [7, 11) is 1.49. The van der Waals surface area contributed by atoms with Crippen LogP contribution in [-0.4, -0.2) is 30.1 Å². The zero-order valence-electron chi connectivity index (χ0n) is 11.4. The number of nitrogens with one attached hydrogen (secondary N) is 1. The van der Waals surface area contributed by atoms with Gasteiger partial charge in [-0.1, -0.05) is 19.8 Å². The maximum atomic E-state index is 12.1. The minimum Gasteiger partial charge on any atom is -0.495 e. The molecule has 106 valence electrons. The van der Waals surface area contributed by atoms with Crippen molar-refractivity contribution in [2.45, 2.75) is 39.2 Å². The molecular formula is C13H19NO4S. The van der Waals surface area contributed by atoms with E-state index in [0.717, 1.165) is 17.7 Å². The van der Waals surface area contributed by atoms with Gasteiger partial charge >= 0.3 is 5.97 Å². The standard InChI is InChI=1S/C13H19NO4S/c1-4-5-6-9(13(16)17)14-12(15)11-10(18-3)7-8(2)19-11/h7,9H,4-6H2,1-3H3,(H,14,15)(H,16,17). The molecule has 1 amide bonds. The molecule has 0 fully saturated rings. The van der Waals surface area contributed by atoms with Gasteiger partial charge in [0.1, 0.15) is 16.7 Å². The second-order valence-electron chi connectivity index (χ2n) is 4.26. The first-order valence-electron chi connectivity index (χ1n) is 6.17. The van der Waals surface area contributed by atoms with Crippen molar-refractivity contribution in [3.63, 3.8) is 0 Å². The van der Waals surface area contributed by atoms with E-state index in [2.05, 4.69) is 5.32 Å². The minimum absolute atomic E-state index is 0.390. The predicted molar refractivity (Wildman–Crippen MR) is 74.0 cm³/mol. The second-order valence-corrected chi connectivity index (χ2v) is 5.52. The van der Waals surface area contributed by atoms with Gasteiger partial charge in [-0.25, -0.2) is 4.79 Å². The maximum Gasteiger partial charge on any atom is 0.326 e. The van der Waals surface area contributed by atoms with Crippen molar-refractivity contribution >= 4 is 23.2 Å². The van der Waals surface area contributed by atoms with Crippen LogP contribution < -0.4 is 10.1 Å². The molecule has 0 aliphatic carbocycles. The number of carboxylic acid groups (broad SMARTS) is 1. The number of rotatable bonds is 7. The summed E-state index contributed by atoms with van der Waals surface area (Å²) in [5.41, 5.74) is 0. The van der Waals surface area contributed by atoms with Crippen LogP contribution >= 0.6 is 11.3 Å². The van der Waals surface area contributed by atoms with Gasteiger partial charge < -0.3 is 15.2 Å². The van der Waals surface area contributed by atoms with Crippen LogP contribution in [0.25, 0.3) is 0 Å². The molecule has 2 N–H and O–H groups in total. The van der Waals surface area contributed by atoms with E-state index in [-0.39, 0.29) is 0 Å². The lowest BCUT2D eigenvalue weighted by Gasteiger charge is -2.13. The summed E-state index contributed by atoms with van der Waals surface area (Å²) in [4.78, 5) is 24.5. The van der Waals surface area contributed by atoms with Gasteiger partial charge in [0.15, 0.2) is 0 Å². The molecular weight excluding hydrogens is 266 g/mol. The fourth-order valence-electron chi connectivity index (χ4n) is 1.69. The van der Waals surface area contributed by atoms with Crippen molar-refractivity contribution in [3.8, 4) is 5.75 Å². The van der Waals surface area contributed by atoms with Crippen LogP contribution in [0.4, 0.5) is 0 Å². The molecule has 0 bridgehead atoms. The van der Waals surface area contributed by atoms with Crippen LogP contribution in [0.5, 0.6) is 5.75 Å². The molecule has 5 nitrogen and oxygen atoms in total. The van der Waals surface area contributed by atoms with Gasteiger partial charge in [-0.2, -0.15) is 0 Å². The molecule has 0 spiro atoms. The van der Waals surface area contributed by atoms with Gasteiger partial charge in [0.05, 0.1) is 7.11 Å². The van der Waals surface area contributed by atoms with Crippen LogP contribution in [0.1, 0.15) is 40.7 Å². The van der Waals surface area contributed by atoms with E-state index >= 15 is 0 Å². The molecule has 0 aliphatic rings. The third-order valence-corrected chi connectivity index (χ3v) is 3.73. The van der Waals surface area contributed by atoms with Gasteiger partial charge in [0.25, 0.3) is 5.91 Å². The van der Waals surface area contributed by atoms with Crippen LogP contribution in [0.3, 0.4) is 0 Å². The third-order valence-electron chi connectivity index (χ3n) is 2.70. The molecule has 0 aliphatic heterocycles. The highest BCUT2D eigenvalue weighted by atomic mass is 32.1. The number of hydrogen-bond donors (Lipinski definition) is 2. The zero-order chi connectivity index (χ0) is 14.4. The second kappa shape index (κ2) is 7.13. The third kappa shape index (κ3) is 4.24. The lowest BCUT2D eigenvalue weighted by Crippen LogP contribution is -2.40. The highest BCUT2D eigenvalue weighted by Crippen LogP contribution is 2.28. The quantitative estimate of drug-likeness (QED) is 0.806. The predicted octanol–water partition coefficient (Wildman–Crippen LogP) is 2.44. The van der Waals surface area contributed by atoms with E-state index in [9.17, 15) is 9.59 Å². The Bertz CT molecular complexity index is 455. The first kappa shape index (κ1) is 15.5. The number of carbonyl (C=O) groups excluding carboxylic acids is 1. The van der Waals surface area contributed by atoms with Crippen LogP contribution in [0, 0.1) is 6.92 Å². The summed E-state index contributed by atoms with van der Waals surface area (Å²) in [5, 5.41) is 11.6. The van der Waals surface area contributed by atoms with Gasteiger partial charge in [-0.05, 0) is 19.4 Å². The summed E-state index contributed by atoms with van der Waals surface area (Å²) in [6.07, 6.45) is 2.09. The molecule has 1 rings (SSSR count). The number of aliphatic carboxylic acids is 1. The Morgan fingerprint density at radius 1 is 1.53 bits per heavy atom. The number of amides is 1. The topological polar surface area (TPSA) is 75.6 Å². The monoisotopic (exact) mass is 285 g/mol. The molecule has 19 heavy (non-hydrogen) atoms. The number of methoxy groups -OCH3 is 1. The first-order valence-corrected chi connectivity index (χ1v) is 6.99. The molecule has 0 saturated heterocycles. The minimum atomic E-state index is -1.01. The number of carboxylic acids is 1. The number of thiophene rings is 1. The average molecular weight is 285 g/mol. The Balaban J connectivity index is 2.78. The van der Waals surface area contributed by atoms with Crippen LogP contribution in [0.15, 0.2) is 6.07 Å². The van der Waals surface area contributed by atoms with Crippen molar-refractivity contribution in [3.05, 3.63) is 15.8 Å². The molecule has 0 saturated carbocycles. The Labute approximate surface area is 116 Å². The molecule has 1 atom stereocenters. The van der Waals surface area contributed by atoms with E-state index in [0.29, 0.717) is 17.0 Å². The fraction of sp³-hybridized carbons (Fsp3) is 0.538. The number of hydrogen-bond acceptors (Lipinski definition) is 4. The normalized spacial score (nSPS) is 11.9. The fourth-order valence-corrected chi connectivity index (χ4v) is 2.57. The SMILES string of the molecule is CCCCC(NC(=O)c1sc(C)cc1OC)C(=O)O. The highest BCUT2D eigenvalue weighted by Gasteiger charge is 2.23.